The van der Waals surface area contributed by atoms with Gasteiger partial charge in [-0.1, -0.05) is 18.2 Å². The standard InChI is InChI=1S/C38H48FN6O6P/c1-23-31(24(2)45(43-23)22-49-52(48,50-36(3,4)5)51-37(6,7)8)25-11-14-28(15-12-25)41-35(47)33(42-34(46)30-16-19-40-44(30)9)32-29-20-27(39)13-10-26(29)21-38(32)17-18-38/h10-16,19-20,32-33H,17-18,21-22H2,1-9H3,(H,41,47)(H,42,46)/t32?,33-/m0/s1. The largest absolute Gasteiger partial charge is 0.477 e. The molecule has 4 aromatic rings. The first-order valence-electron chi connectivity index (χ1n) is 17.5. The van der Waals surface area contributed by atoms with E-state index < -0.39 is 42.8 Å². The average molecular weight is 735 g/mol. The number of carbonyl (C=O) groups excluding carboxylic acids is 2. The molecular weight excluding hydrogens is 686 g/mol. The molecule has 2 heterocycles. The van der Waals surface area contributed by atoms with Gasteiger partial charge < -0.3 is 10.6 Å². The van der Waals surface area contributed by atoms with Gasteiger partial charge in [-0.05, 0) is 127 Å². The van der Waals surface area contributed by atoms with E-state index in [1.807, 2.05) is 26.0 Å². The number of nitrogens with one attached hydrogen (secondary N) is 2. The van der Waals surface area contributed by atoms with Crippen LogP contribution in [0.3, 0.4) is 0 Å². The van der Waals surface area contributed by atoms with E-state index in [-0.39, 0.29) is 18.0 Å². The summed E-state index contributed by atoms with van der Waals surface area (Å²) in [5, 5.41) is 14.7. The SMILES string of the molecule is Cc1nn(COP(=O)(OC(C)(C)C)OC(C)(C)C)c(C)c1-c1ccc(NC(=O)[C@@H](NC(=O)c2ccnn2C)C2c3cc(F)ccc3CC23CC3)cc1. The molecule has 278 valence electrons. The number of amides is 2. The van der Waals surface area contributed by atoms with Crippen molar-refractivity contribution in [1.29, 1.82) is 0 Å². The molecule has 2 aliphatic carbocycles. The Morgan fingerprint density at radius 2 is 1.67 bits per heavy atom. The number of hydrogen-bond acceptors (Lipinski definition) is 8. The van der Waals surface area contributed by atoms with Gasteiger partial charge in [0.15, 0.2) is 6.73 Å². The molecule has 0 saturated heterocycles. The summed E-state index contributed by atoms with van der Waals surface area (Å²) < 4.78 is 48.5. The molecule has 52 heavy (non-hydrogen) atoms. The van der Waals surface area contributed by atoms with Crippen molar-refractivity contribution >= 4 is 25.3 Å². The van der Waals surface area contributed by atoms with Crippen LogP contribution in [0, 0.1) is 25.1 Å². The molecule has 6 rings (SSSR count). The lowest BCUT2D eigenvalue weighted by Crippen LogP contribution is -2.49. The van der Waals surface area contributed by atoms with Gasteiger partial charge in [-0.15, -0.1) is 0 Å². The summed E-state index contributed by atoms with van der Waals surface area (Å²) >= 11 is 0. The van der Waals surface area contributed by atoms with Crippen LogP contribution in [-0.2, 0) is 43.1 Å². The topological polar surface area (TPSA) is 139 Å². The Labute approximate surface area is 304 Å². The summed E-state index contributed by atoms with van der Waals surface area (Å²) in [5.41, 5.74) is 4.03. The monoisotopic (exact) mass is 734 g/mol. The summed E-state index contributed by atoms with van der Waals surface area (Å²) in [5.74, 6) is -1.60. The minimum Gasteiger partial charge on any atom is -0.338 e. The van der Waals surface area contributed by atoms with Crippen molar-refractivity contribution in [2.75, 3.05) is 5.32 Å². The summed E-state index contributed by atoms with van der Waals surface area (Å²) in [4.78, 5) is 27.7. The molecule has 0 radical (unpaired) electrons. The van der Waals surface area contributed by atoms with Gasteiger partial charge in [0.25, 0.3) is 5.91 Å². The molecule has 14 heteroatoms. The maximum absolute atomic E-state index is 14.6. The van der Waals surface area contributed by atoms with E-state index >= 15 is 0 Å². The molecule has 2 atom stereocenters. The Bertz CT molecular complexity index is 2020. The van der Waals surface area contributed by atoms with Gasteiger partial charge in [0, 0.05) is 36.1 Å². The minimum absolute atomic E-state index is 0.161. The van der Waals surface area contributed by atoms with Crippen LogP contribution in [0.1, 0.15) is 93.3 Å². The second-order valence-electron chi connectivity index (χ2n) is 15.9. The highest BCUT2D eigenvalue weighted by Crippen LogP contribution is 2.64. The van der Waals surface area contributed by atoms with E-state index in [2.05, 4.69) is 20.8 Å². The third kappa shape index (κ3) is 8.07. The first-order valence-corrected chi connectivity index (χ1v) is 18.9. The third-order valence-electron chi connectivity index (χ3n) is 9.43. The second kappa shape index (κ2) is 13.7. The summed E-state index contributed by atoms with van der Waals surface area (Å²) in [6.45, 7) is 14.3. The quantitative estimate of drug-likeness (QED) is 0.150. The lowest BCUT2D eigenvalue weighted by atomic mass is 9.82. The van der Waals surface area contributed by atoms with Gasteiger partial charge in [0.1, 0.15) is 17.6 Å². The normalized spacial score (nSPS) is 17.2. The molecule has 2 aromatic heterocycles. The highest BCUT2D eigenvalue weighted by atomic mass is 31.2. The summed E-state index contributed by atoms with van der Waals surface area (Å²) in [6.07, 6.45) is 4.03. The van der Waals surface area contributed by atoms with E-state index in [0.29, 0.717) is 11.4 Å². The number of carbonyl (C=O) groups is 2. The zero-order valence-electron chi connectivity index (χ0n) is 31.2. The van der Waals surface area contributed by atoms with Gasteiger partial charge >= 0.3 is 7.82 Å². The molecular formula is C38H48FN6O6P. The molecule has 0 aliphatic heterocycles. The molecule has 1 fully saturated rings. The zero-order chi connectivity index (χ0) is 37.8. The predicted octanol–water partition coefficient (Wildman–Crippen LogP) is 7.61. The van der Waals surface area contributed by atoms with Crippen LogP contribution in [0.25, 0.3) is 11.1 Å². The van der Waals surface area contributed by atoms with E-state index in [0.717, 1.165) is 52.9 Å². The van der Waals surface area contributed by atoms with Crippen LogP contribution in [0.2, 0.25) is 0 Å². The average Bonchev–Trinajstić information content (AvgIpc) is 3.40. The molecule has 1 spiro atoms. The number of anilines is 1. The Morgan fingerprint density at radius 1 is 1.02 bits per heavy atom. The molecule has 2 aliphatic rings. The molecule has 2 aromatic carbocycles. The molecule has 1 saturated carbocycles. The van der Waals surface area contributed by atoms with E-state index in [9.17, 15) is 18.5 Å². The summed E-state index contributed by atoms with van der Waals surface area (Å²) in [7, 11) is -2.30. The van der Waals surface area contributed by atoms with Gasteiger partial charge in [0.05, 0.1) is 16.9 Å². The van der Waals surface area contributed by atoms with Gasteiger partial charge in [-0.25, -0.2) is 13.6 Å². The van der Waals surface area contributed by atoms with Crippen molar-refractivity contribution in [3.05, 3.63) is 88.8 Å². The minimum atomic E-state index is -3.96. The maximum Gasteiger partial charge on any atom is 0.477 e. The Balaban J connectivity index is 1.22. The number of rotatable bonds is 11. The number of halogens is 1. The van der Waals surface area contributed by atoms with Gasteiger partial charge in [-0.2, -0.15) is 10.2 Å². The van der Waals surface area contributed by atoms with Crippen LogP contribution in [0.4, 0.5) is 10.1 Å². The number of aryl methyl sites for hydroxylation is 2. The van der Waals surface area contributed by atoms with Crippen LogP contribution >= 0.6 is 7.82 Å². The van der Waals surface area contributed by atoms with Crippen molar-refractivity contribution in [2.45, 2.75) is 105 Å². The lowest BCUT2D eigenvalue weighted by Gasteiger charge is -2.30. The number of nitrogens with zero attached hydrogens (tertiary/aromatic N) is 4. The first kappa shape index (κ1) is 37.6. The van der Waals surface area contributed by atoms with E-state index in [1.54, 1.807) is 77.5 Å². The molecule has 0 bridgehead atoms. The number of phosphoric acid groups is 1. The van der Waals surface area contributed by atoms with Gasteiger partial charge in [0.2, 0.25) is 5.91 Å². The fraction of sp³-hybridized carbons (Fsp3) is 0.474. The molecule has 1 unspecified atom stereocenters. The highest BCUT2D eigenvalue weighted by molar-refractivity contribution is 7.48. The number of aromatic nitrogens is 4. The van der Waals surface area contributed by atoms with E-state index in [4.69, 9.17) is 13.6 Å². The lowest BCUT2D eigenvalue weighted by molar-refractivity contribution is -0.118. The van der Waals surface area contributed by atoms with Crippen LogP contribution in [0.15, 0.2) is 54.7 Å². The number of benzene rings is 2. The smallest absolute Gasteiger partial charge is 0.338 e. The third-order valence-corrected chi connectivity index (χ3v) is 11.4. The Kier molecular flexibility index (Phi) is 9.89. The molecule has 2 amide bonds. The van der Waals surface area contributed by atoms with E-state index in [1.165, 1.54) is 23.0 Å². The van der Waals surface area contributed by atoms with Crippen LogP contribution in [-0.4, -0.2) is 48.6 Å². The van der Waals surface area contributed by atoms with Gasteiger partial charge in [-0.3, -0.25) is 27.8 Å². The Hall–Kier alpha value is -4.16. The molecule has 12 nitrogen and oxygen atoms in total. The van der Waals surface area contributed by atoms with Crippen LogP contribution in [0.5, 0.6) is 0 Å². The van der Waals surface area contributed by atoms with Crippen molar-refractivity contribution in [1.82, 2.24) is 24.9 Å². The number of fused-ring (bicyclic) bond motifs is 1. The predicted molar refractivity (Wildman–Crippen MR) is 195 cm³/mol. The fourth-order valence-corrected chi connectivity index (χ4v) is 8.91. The van der Waals surface area contributed by atoms with Crippen molar-refractivity contribution in [2.24, 2.45) is 12.5 Å². The molecule has 2 N–H and O–H groups in total. The van der Waals surface area contributed by atoms with Crippen LogP contribution < -0.4 is 10.6 Å². The Morgan fingerprint density at radius 3 is 2.25 bits per heavy atom. The highest BCUT2D eigenvalue weighted by Gasteiger charge is 2.58. The van der Waals surface area contributed by atoms with Crippen molar-refractivity contribution in [3.63, 3.8) is 0 Å². The first-order chi connectivity index (χ1) is 24.3. The number of phosphoric ester groups is 1. The summed E-state index contributed by atoms with van der Waals surface area (Å²) in [6, 6.07) is 12.7. The fourth-order valence-electron chi connectivity index (χ4n) is 7.18. The second-order valence-corrected chi connectivity index (χ2v) is 17.4. The number of hydrogen-bond donors (Lipinski definition) is 2. The van der Waals surface area contributed by atoms with Crippen molar-refractivity contribution < 1.29 is 32.1 Å². The zero-order valence-corrected chi connectivity index (χ0v) is 32.1. The van der Waals surface area contributed by atoms with Crippen molar-refractivity contribution in [3.8, 4) is 11.1 Å². The maximum atomic E-state index is 14.6.